The molecule has 2 aromatic heterocycles. The molecule has 0 N–H and O–H groups in total. The average molecular weight is 290 g/mol. The highest BCUT2D eigenvalue weighted by Gasteiger charge is 2.14. The van der Waals surface area contributed by atoms with Gasteiger partial charge in [-0.1, -0.05) is 17.3 Å². The van der Waals surface area contributed by atoms with Gasteiger partial charge in [-0.15, -0.1) is 10.2 Å². The smallest absolute Gasteiger partial charge is 0.424 e. The second kappa shape index (κ2) is 5.31. The van der Waals surface area contributed by atoms with E-state index >= 15 is 0 Å². The van der Waals surface area contributed by atoms with Crippen LogP contribution in [0.25, 0.3) is 0 Å². The molecule has 0 atom stereocenters. The SMILES string of the molecule is Cc1nnc(Cn2c(Cc3ccc(F)cc3)noc2=O)o1. The highest BCUT2D eigenvalue weighted by atomic mass is 19.1. The Labute approximate surface area is 118 Å². The van der Waals surface area contributed by atoms with Crippen LogP contribution in [0, 0.1) is 12.7 Å². The Balaban J connectivity index is 1.86. The van der Waals surface area contributed by atoms with Gasteiger partial charge >= 0.3 is 5.76 Å². The van der Waals surface area contributed by atoms with Crippen LogP contribution >= 0.6 is 0 Å². The number of halogens is 1. The highest BCUT2D eigenvalue weighted by Crippen LogP contribution is 2.09. The van der Waals surface area contributed by atoms with E-state index in [1.54, 1.807) is 19.1 Å². The molecule has 8 heteroatoms. The summed E-state index contributed by atoms with van der Waals surface area (Å²) in [7, 11) is 0. The van der Waals surface area contributed by atoms with Crippen molar-refractivity contribution in [2.75, 3.05) is 0 Å². The fourth-order valence-electron chi connectivity index (χ4n) is 1.90. The minimum atomic E-state index is -0.608. The average Bonchev–Trinajstić information content (AvgIpc) is 3.02. The van der Waals surface area contributed by atoms with Gasteiger partial charge in [0.1, 0.15) is 12.4 Å². The summed E-state index contributed by atoms with van der Waals surface area (Å²) in [6.07, 6.45) is 0.332. The molecule has 2 heterocycles. The van der Waals surface area contributed by atoms with Gasteiger partial charge in [-0.2, -0.15) is 0 Å². The summed E-state index contributed by atoms with van der Waals surface area (Å²) in [6.45, 7) is 1.74. The molecule has 0 amide bonds. The van der Waals surface area contributed by atoms with Crippen molar-refractivity contribution in [1.82, 2.24) is 19.9 Å². The van der Waals surface area contributed by atoms with E-state index in [0.717, 1.165) is 5.56 Å². The Morgan fingerprint density at radius 3 is 2.67 bits per heavy atom. The normalized spacial score (nSPS) is 11.0. The van der Waals surface area contributed by atoms with Gasteiger partial charge < -0.3 is 4.42 Å². The molecular weight excluding hydrogens is 279 g/mol. The van der Waals surface area contributed by atoms with Crippen LogP contribution in [0.5, 0.6) is 0 Å². The second-order valence-electron chi connectivity index (χ2n) is 4.47. The number of nitrogens with zero attached hydrogens (tertiary/aromatic N) is 4. The topological polar surface area (TPSA) is 87.0 Å². The van der Waals surface area contributed by atoms with E-state index in [9.17, 15) is 9.18 Å². The van der Waals surface area contributed by atoms with Gasteiger partial charge in [0.25, 0.3) is 0 Å². The lowest BCUT2D eigenvalue weighted by molar-refractivity contribution is 0.370. The van der Waals surface area contributed by atoms with Crippen LogP contribution in [0.1, 0.15) is 23.2 Å². The zero-order chi connectivity index (χ0) is 14.8. The molecule has 0 saturated heterocycles. The summed E-state index contributed by atoms with van der Waals surface area (Å²) < 4.78 is 24.1. The first-order valence-corrected chi connectivity index (χ1v) is 6.20. The van der Waals surface area contributed by atoms with Crippen LogP contribution in [0.4, 0.5) is 4.39 Å². The van der Waals surface area contributed by atoms with Crippen molar-refractivity contribution >= 4 is 0 Å². The summed E-state index contributed by atoms with van der Waals surface area (Å²) in [6, 6.07) is 5.93. The molecule has 0 aliphatic rings. The van der Waals surface area contributed by atoms with Crippen LogP contribution in [-0.2, 0) is 13.0 Å². The molecule has 0 radical (unpaired) electrons. The van der Waals surface area contributed by atoms with Crippen molar-refractivity contribution in [3.63, 3.8) is 0 Å². The number of aromatic nitrogens is 4. The molecule has 3 aromatic rings. The molecule has 21 heavy (non-hydrogen) atoms. The minimum Gasteiger partial charge on any atom is -0.424 e. The lowest BCUT2D eigenvalue weighted by Crippen LogP contribution is -2.18. The van der Waals surface area contributed by atoms with Crippen LogP contribution in [0.3, 0.4) is 0 Å². The molecule has 0 aliphatic carbocycles. The Morgan fingerprint density at radius 2 is 2.00 bits per heavy atom. The minimum absolute atomic E-state index is 0.0830. The van der Waals surface area contributed by atoms with Crippen molar-refractivity contribution in [2.24, 2.45) is 0 Å². The van der Waals surface area contributed by atoms with Crippen LogP contribution in [0.2, 0.25) is 0 Å². The van der Waals surface area contributed by atoms with Crippen LogP contribution in [-0.4, -0.2) is 19.9 Å². The quantitative estimate of drug-likeness (QED) is 0.720. The molecule has 0 aliphatic heterocycles. The Hall–Kier alpha value is -2.77. The molecule has 0 fully saturated rings. The molecule has 1 aromatic carbocycles. The maximum atomic E-state index is 12.9. The Morgan fingerprint density at radius 1 is 1.24 bits per heavy atom. The van der Waals surface area contributed by atoms with E-state index in [1.807, 2.05) is 0 Å². The molecule has 0 saturated carbocycles. The third-order valence-corrected chi connectivity index (χ3v) is 2.90. The van der Waals surface area contributed by atoms with Gasteiger partial charge in [0.15, 0.2) is 5.82 Å². The van der Waals surface area contributed by atoms with E-state index in [0.29, 0.717) is 18.1 Å². The van der Waals surface area contributed by atoms with Gasteiger partial charge in [0, 0.05) is 13.3 Å². The van der Waals surface area contributed by atoms with Crippen molar-refractivity contribution in [2.45, 2.75) is 19.9 Å². The van der Waals surface area contributed by atoms with Crippen LogP contribution in [0.15, 0.2) is 38.0 Å². The summed E-state index contributed by atoms with van der Waals surface area (Å²) >= 11 is 0. The third-order valence-electron chi connectivity index (χ3n) is 2.90. The Kier molecular flexibility index (Phi) is 3.35. The van der Waals surface area contributed by atoms with Crippen molar-refractivity contribution in [3.8, 4) is 0 Å². The zero-order valence-electron chi connectivity index (χ0n) is 11.1. The predicted molar refractivity (Wildman–Crippen MR) is 68.1 cm³/mol. The van der Waals surface area contributed by atoms with Crippen molar-refractivity contribution in [1.29, 1.82) is 0 Å². The highest BCUT2D eigenvalue weighted by molar-refractivity contribution is 5.19. The van der Waals surface area contributed by atoms with Gasteiger partial charge in [-0.05, 0) is 17.7 Å². The summed E-state index contributed by atoms with van der Waals surface area (Å²) in [5.74, 6) is 0.177. The lowest BCUT2D eigenvalue weighted by atomic mass is 10.1. The van der Waals surface area contributed by atoms with Gasteiger partial charge in [0.2, 0.25) is 11.8 Å². The van der Waals surface area contributed by atoms with Crippen LogP contribution < -0.4 is 5.76 Å². The standard InChI is InChI=1S/C13H11FN4O3/c1-8-15-16-12(20-8)7-18-11(17-21-13(18)19)6-9-2-4-10(14)5-3-9/h2-5H,6-7H2,1H3. The molecule has 0 spiro atoms. The fraction of sp³-hybridized carbons (Fsp3) is 0.231. The van der Waals surface area contributed by atoms with E-state index in [1.165, 1.54) is 16.7 Å². The Bertz CT molecular complexity index is 803. The first-order valence-electron chi connectivity index (χ1n) is 6.20. The molecule has 0 bridgehead atoms. The first kappa shape index (κ1) is 13.2. The second-order valence-corrected chi connectivity index (χ2v) is 4.47. The maximum Gasteiger partial charge on any atom is 0.442 e. The van der Waals surface area contributed by atoms with Gasteiger partial charge in [0.05, 0.1) is 0 Å². The molecular formula is C13H11FN4O3. The number of hydrogen-bond donors (Lipinski definition) is 0. The summed E-state index contributed by atoms with van der Waals surface area (Å²) in [5, 5.41) is 11.2. The summed E-state index contributed by atoms with van der Waals surface area (Å²) in [4.78, 5) is 11.7. The van der Waals surface area contributed by atoms with E-state index < -0.39 is 5.76 Å². The molecule has 0 unspecified atom stereocenters. The number of benzene rings is 1. The summed E-state index contributed by atoms with van der Waals surface area (Å²) in [5.41, 5.74) is 0.806. The third kappa shape index (κ3) is 2.88. The maximum absolute atomic E-state index is 12.9. The van der Waals surface area contributed by atoms with E-state index in [4.69, 9.17) is 4.42 Å². The van der Waals surface area contributed by atoms with E-state index in [2.05, 4.69) is 19.9 Å². The first-order chi connectivity index (χ1) is 10.1. The lowest BCUT2D eigenvalue weighted by Gasteiger charge is -2.02. The predicted octanol–water partition coefficient (Wildman–Crippen LogP) is 1.31. The largest absolute Gasteiger partial charge is 0.442 e. The molecule has 3 rings (SSSR count). The van der Waals surface area contributed by atoms with Gasteiger partial charge in [-0.3, -0.25) is 9.09 Å². The number of hydrogen-bond acceptors (Lipinski definition) is 6. The molecule has 7 nitrogen and oxygen atoms in total. The number of aryl methyl sites for hydroxylation is 1. The zero-order valence-corrected chi connectivity index (χ0v) is 11.1. The number of rotatable bonds is 4. The van der Waals surface area contributed by atoms with Crippen molar-refractivity contribution < 1.29 is 13.3 Å². The van der Waals surface area contributed by atoms with Crippen molar-refractivity contribution in [3.05, 3.63) is 63.8 Å². The fourth-order valence-corrected chi connectivity index (χ4v) is 1.90. The monoisotopic (exact) mass is 290 g/mol. The van der Waals surface area contributed by atoms with E-state index in [-0.39, 0.29) is 18.3 Å². The van der Waals surface area contributed by atoms with Gasteiger partial charge in [-0.25, -0.2) is 9.18 Å². The molecule has 108 valence electrons.